The molecule has 26 heavy (non-hydrogen) atoms. The number of hydrogen-bond donors (Lipinski definition) is 1. The summed E-state index contributed by atoms with van der Waals surface area (Å²) in [5, 5.41) is 5.07. The molecule has 0 bridgehead atoms. The normalized spacial score (nSPS) is 17.1. The van der Waals surface area contributed by atoms with Crippen LogP contribution in [-0.4, -0.2) is 35.8 Å². The number of benzene rings is 1. The fraction of sp³-hybridized carbons (Fsp3) is 0.400. The van der Waals surface area contributed by atoms with Gasteiger partial charge in [-0.3, -0.25) is 14.5 Å². The number of thiophene rings is 1. The van der Waals surface area contributed by atoms with Crippen LogP contribution >= 0.6 is 11.3 Å². The molecule has 1 saturated heterocycles. The van der Waals surface area contributed by atoms with E-state index in [9.17, 15) is 9.59 Å². The smallest absolute Gasteiger partial charge is 0.238 e. The zero-order valence-corrected chi connectivity index (χ0v) is 15.5. The van der Waals surface area contributed by atoms with E-state index in [2.05, 4.69) is 27.7 Å². The molecule has 0 radical (unpaired) electrons. The third kappa shape index (κ3) is 4.14. The molecule has 2 amide bonds. The molecule has 4 rings (SSSR count). The van der Waals surface area contributed by atoms with Crippen molar-refractivity contribution >= 4 is 34.5 Å². The second-order valence-corrected chi connectivity index (χ2v) is 8.00. The molecular formula is C20H23N3O2S. The third-order valence-corrected chi connectivity index (χ3v) is 5.73. The molecule has 0 atom stereocenters. The van der Waals surface area contributed by atoms with Crippen molar-refractivity contribution in [1.82, 2.24) is 4.90 Å². The first-order valence-electron chi connectivity index (χ1n) is 9.16. The highest BCUT2D eigenvalue weighted by molar-refractivity contribution is 7.09. The number of carbonyl (C=O) groups excluding carboxylic acids is 2. The maximum absolute atomic E-state index is 12.6. The Hall–Kier alpha value is -2.18. The van der Waals surface area contributed by atoms with Crippen molar-refractivity contribution < 1.29 is 9.59 Å². The Kier molecular flexibility index (Phi) is 5.04. The Morgan fingerprint density at radius 2 is 2.15 bits per heavy atom. The van der Waals surface area contributed by atoms with Crippen LogP contribution in [0.25, 0.3) is 0 Å². The van der Waals surface area contributed by atoms with Crippen molar-refractivity contribution in [1.29, 1.82) is 0 Å². The minimum atomic E-state index is -0.00152. The highest BCUT2D eigenvalue weighted by Crippen LogP contribution is 2.29. The summed E-state index contributed by atoms with van der Waals surface area (Å²) in [7, 11) is 0. The molecule has 1 N–H and O–H groups in total. The molecule has 5 nitrogen and oxygen atoms in total. The lowest BCUT2D eigenvalue weighted by atomic mass is 10.2. The summed E-state index contributed by atoms with van der Waals surface area (Å²) in [5.74, 6) is 0.155. The molecule has 1 aromatic heterocycles. The molecule has 2 fully saturated rings. The minimum absolute atomic E-state index is 0.00152. The number of nitrogens with zero attached hydrogens (tertiary/aromatic N) is 2. The predicted molar refractivity (Wildman–Crippen MR) is 104 cm³/mol. The van der Waals surface area contributed by atoms with Crippen molar-refractivity contribution in [2.45, 2.75) is 38.3 Å². The Morgan fingerprint density at radius 1 is 1.27 bits per heavy atom. The Balaban J connectivity index is 1.38. The fourth-order valence-corrected chi connectivity index (χ4v) is 4.14. The van der Waals surface area contributed by atoms with E-state index in [1.54, 1.807) is 16.2 Å². The van der Waals surface area contributed by atoms with Crippen LogP contribution in [0.4, 0.5) is 11.4 Å². The van der Waals surface area contributed by atoms with Crippen LogP contribution in [0.5, 0.6) is 0 Å². The monoisotopic (exact) mass is 369 g/mol. The van der Waals surface area contributed by atoms with Gasteiger partial charge in [-0.05, 0) is 48.9 Å². The van der Waals surface area contributed by atoms with E-state index in [-0.39, 0.29) is 11.8 Å². The number of nitrogens with one attached hydrogen (secondary N) is 1. The van der Waals surface area contributed by atoms with E-state index >= 15 is 0 Å². The molecular weight excluding hydrogens is 346 g/mol. The standard InChI is InChI=1S/C20H23N3O2S/c24-19(14-22(16-8-9-16)13-18-6-3-11-26-18)21-15-4-1-5-17(12-15)23-10-2-7-20(23)25/h1,3-6,11-12,16H,2,7-10,13-14H2,(H,21,24). The van der Waals surface area contributed by atoms with Crippen molar-refractivity contribution in [3.05, 3.63) is 46.7 Å². The highest BCUT2D eigenvalue weighted by Gasteiger charge is 2.30. The van der Waals surface area contributed by atoms with Gasteiger partial charge in [0, 0.05) is 41.8 Å². The molecule has 6 heteroatoms. The van der Waals surface area contributed by atoms with Gasteiger partial charge in [-0.25, -0.2) is 0 Å². The summed E-state index contributed by atoms with van der Waals surface area (Å²) in [6.07, 6.45) is 3.85. The van der Waals surface area contributed by atoms with Gasteiger partial charge in [0.25, 0.3) is 0 Å². The van der Waals surface area contributed by atoms with Crippen LogP contribution in [0, 0.1) is 0 Å². The molecule has 0 spiro atoms. The van der Waals surface area contributed by atoms with Crippen LogP contribution < -0.4 is 10.2 Å². The second kappa shape index (κ2) is 7.60. The van der Waals surface area contributed by atoms with Crippen molar-refractivity contribution in [2.24, 2.45) is 0 Å². The van der Waals surface area contributed by atoms with Crippen LogP contribution in [-0.2, 0) is 16.1 Å². The number of carbonyl (C=O) groups is 2. The lowest BCUT2D eigenvalue weighted by Crippen LogP contribution is -2.34. The SMILES string of the molecule is O=C(CN(Cc1cccs1)C1CC1)Nc1cccc(N2CCCC2=O)c1. The topological polar surface area (TPSA) is 52.7 Å². The molecule has 2 aromatic rings. The van der Waals surface area contributed by atoms with E-state index < -0.39 is 0 Å². The molecule has 1 saturated carbocycles. The molecule has 2 heterocycles. The second-order valence-electron chi connectivity index (χ2n) is 6.96. The summed E-state index contributed by atoms with van der Waals surface area (Å²) in [5.41, 5.74) is 1.61. The van der Waals surface area contributed by atoms with Gasteiger partial charge in [-0.2, -0.15) is 0 Å². The van der Waals surface area contributed by atoms with Gasteiger partial charge >= 0.3 is 0 Å². The number of amides is 2. The van der Waals surface area contributed by atoms with Gasteiger partial charge in [0.1, 0.15) is 0 Å². The number of rotatable bonds is 7. The lowest BCUT2D eigenvalue weighted by Gasteiger charge is -2.21. The Labute approximate surface area is 157 Å². The van der Waals surface area contributed by atoms with Crippen LogP contribution in [0.1, 0.15) is 30.6 Å². The van der Waals surface area contributed by atoms with Gasteiger partial charge < -0.3 is 10.2 Å². The summed E-state index contributed by atoms with van der Waals surface area (Å²) < 4.78 is 0. The first-order valence-corrected chi connectivity index (χ1v) is 10.0. The van der Waals surface area contributed by atoms with Crippen molar-refractivity contribution in [2.75, 3.05) is 23.3 Å². The van der Waals surface area contributed by atoms with E-state index in [0.29, 0.717) is 19.0 Å². The first kappa shape index (κ1) is 17.2. The number of hydrogen-bond acceptors (Lipinski definition) is 4. The zero-order valence-electron chi connectivity index (χ0n) is 14.7. The van der Waals surface area contributed by atoms with Crippen molar-refractivity contribution in [3.63, 3.8) is 0 Å². The molecule has 1 aliphatic carbocycles. The van der Waals surface area contributed by atoms with Gasteiger partial charge in [-0.1, -0.05) is 12.1 Å². The largest absolute Gasteiger partial charge is 0.325 e. The Bertz CT molecular complexity index is 786. The molecule has 2 aliphatic rings. The average Bonchev–Trinajstić information content (AvgIpc) is 3.18. The third-order valence-electron chi connectivity index (χ3n) is 4.86. The molecule has 136 valence electrons. The summed E-state index contributed by atoms with van der Waals surface area (Å²) >= 11 is 1.73. The van der Waals surface area contributed by atoms with Crippen LogP contribution in [0.3, 0.4) is 0 Å². The van der Waals surface area contributed by atoms with Gasteiger partial charge in [0.2, 0.25) is 11.8 Å². The van der Waals surface area contributed by atoms with E-state index in [0.717, 1.165) is 30.9 Å². The highest BCUT2D eigenvalue weighted by atomic mass is 32.1. The molecule has 0 unspecified atom stereocenters. The average molecular weight is 369 g/mol. The quantitative estimate of drug-likeness (QED) is 0.813. The minimum Gasteiger partial charge on any atom is -0.325 e. The Morgan fingerprint density at radius 3 is 2.85 bits per heavy atom. The fourth-order valence-electron chi connectivity index (χ4n) is 3.41. The van der Waals surface area contributed by atoms with Gasteiger partial charge in [-0.15, -0.1) is 11.3 Å². The van der Waals surface area contributed by atoms with Gasteiger partial charge in [0.05, 0.1) is 6.54 Å². The molecule has 1 aromatic carbocycles. The van der Waals surface area contributed by atoms with Crippen molar-refractivity contribution in [3.8, 4) is 0 Å². The lowest BCUT2D eigenvalue weighted by molar-refractivity contribution is -0.118. The van der Waals surface area contributed by atoms with Crippen LogP contribution in [0.15, 0.2) is 41.8 Å². The van der Waals surface area contributed by atoms with E-state index in [1.807, 2.05) is 24.3 Å². The maximum Gasteiger partial charge on any atom is 0.238 e. The van der Waals surface area contributed by atoms with Gasteiger partial charge in [0.15, 0.2) is 0 Å². The number of anilines is 2. The first-order chi connectivity index (χ1) is 12.7. The maximum atomic E-state index is 12.6. The van der Waals surface area contributed by atoms with E-state index in [4.69, 9.17) is 0 Å². The zero-order chi connectivity index (χ0) is 17.9. The predicted octanol–water partition coefficient (Wildman–Crippen LogP) is 3.48. The van der Waals surface area contributed by atoms with Crippen LogP contribution in [0.2, 0.25) is 0 Å². The summed E-state index contributed by atoms with van der Waals surface area (Å²) in [4.78, 5) is 29.8. The summed E-state index contributed by atoms with van der Waals surface area (Å²) in [6, 6.07) is 12.3. The van der Waals surface area contributed by atoms with E-state index in [1.165, 1.54) is 17.7 Å². The molecule has 1 aliphatic heterocycles. The summed E-state index contributed by atoms with van der Waals surface area (Å²) in [6.45, 7) is 1.99.